The Morgan fingerprint density at radius 2 is 1.75 bits per heavy atom. The highest BCUT2D eigenvalue weighted by Gasteiger charge is 2.28. The van der Waals surface area contributed by atoms with E-state index in [4.69, 9.17) is 0 Å². The first-order valence-corrected chi connectivity index (χ1v) is 5.52. The van der Waals surface area contributed by atoms with Gasteiger partial charge in [-0.15, -0.1) is 6.58 Å². The number of benzene rings is 1. The number of hydrogen-bond acceptors (Lipinski definition) is 2. The topological polar surface area (TPSA) is 40.5 Å². The summed E-state index contributed by atoms with van der Waals surface area (Å²) in [5, 5.41) is 19.0. The Labute approximate surface area is 97.2 Å². The van der Waals surface area contributed by atoms with Crippen LogP contribution in [0, 0.1) is 5.41 Å². The van der Waals surface area contributed by atoms with Crippen molar-refractivity contribution in [3.05, 3.63) is 48.0 Å². The molecule has 0 amide bonds. The maximum Gasteiger partial charge on any atom is 0.0515 e. The van der Waals surface area contributed by atoms with E-state index in [1.54, 1.807) is 0 Å². The van der Waals surface area contributed by atoms with E-state index in [1.165, 1.54) is 0 Å². The molecule has 0 saturated heterocycles. The number of hydrogen-bond donors (Lipinski definition) is 2. The normalized spacial score (nSPS) is 11.4. The molecular formula is C14H20O2. The first-order valence-electron chi connectivity index (χ1n) is 5.52. The van der Waals surface area contributed by atoms with E-state index in [1.807, 2.05) is 37.3 Å². The average Bonchev–Trinajstić information content (AvgIpc) is 2.29. The quantitative estimate of drug-likeness (QED) is 0.721. The summed E-state index contributed by atoms with van der Waals surface area (Å²) in [4.78, 5) is 0. The van der Waals surface area contributed by atoms with E-state index >= 15 is 0 Å². The number of rotatable bonds is 6. The van der Waals surface area contributed by atoms with Crippen LogP contribution < -0.4 is 0 Å². The zero-order chi connectivity index (χ0) is 12.0. The molecule has 0 aliphatic heterocycles. The molecule has 1 rings (SSSR count). The van der Waals surface area contributed by atoms with Crippen molar-refractivity contribution in [3.8, 4) is 0 Å². The van der Waals surface area contributed by atoms with Crippen LogP contribution in [0.1, 0.15) is 18.9 Å². The summed E-state index contributed by atoms with van der Waals surface area (Å²) in [5.74, 6) is 0. The van der Waals surface area contributed by atoms with Crippen LogP contribution in [0.25, 0.3) is 0 Å². The van der Waals surface area contributed by atoms with Crippen LogP contribution in [0.5, 0.6) is 0 Å². The van der Waals surface area contributed by atoms with Crippen LogP contribution in [0.3, 0.4) is 0 Å². The van der Waals surface area contributed by atoms with Gasteiger partial charge in [0.1, 0.15) is 0 Å². The fraction of sp³-hybridized carbons (Fsp3) is 0.429. The zero-order valence-corrected chi connectivity index (χ0v) is 9.82. The summed E-state index contributed by atoms with van der Waals surface area (Å²) in [6.45, 7) is 5.73. The van der Waals surface area contributed by atoms with Crippen LogP contribution in [0.2, 0.25) is 0 Å². The van der Waals surface area contributed by atoms with Gasteiger partial charge in [-0.1, -0.05) is 35.9 Å². The van der Waals surface area contributed by atoms with Gasteiger partial charge in [-0.25, -0.2) is 0 Å². The van der Waals surface area contributed by atoms with E-state index < -0.39 is 5.41 Å². The van der Waals surface area contributed by atoms with Gasteiger partial charge in [0.05, 0.1) is 13.2 Å². The molecule has 0 aliphatic carbocycles. The molecule has 2 N–H and O–H groups in total. The molecule has 16 heavy (non-hydrogen) atoms. The first-order chi connectivity index (χ1) is 7.62. The van der Waals surface area contributed by atoms with Crippen LogP contribution in [0.4, 0.5) is 0 Å². The molecule has 88 valence electrons. The highest BCUT2D eigenvalue weighted by molar-refractivity contribution is 5.17. The molecule has 0 heterocycles. The predicted octanol–water partition coefficient (Wildman–Crippen LogP) is 2.17. The fourth-order valence-electron chi connectivity index (χ4n) is 2.01. The molecule has 0 aliphatic rings. The minimum Gasteiger partial charge on any atom is -0.396 e. The molecule has 2 nitrogen and oxygen atoms in total. The van der Waals surface area contributed by atoms with Gasteiger partial charge in [0, 0.05) is 5.41 Å². The van der Waals surface area contributed by atoms with Crippen LogP contribution >= 0.6 is 0 Å². The van der Waals surface area contributed by atoms with Crippen LogP contribution in [0.15, 0.2) is 42.5 Å². The molecular weight excluding hydrogens is 200 g/mol. The van der Waals surface area contributed by atoms with Crippen molar-refractivity contribution >= 4 is 0 Å². The molecule has 2 heteroatoms. The smallest absolute Gasteiger partial charge is 0.0515 e. The second kappa shape index (κ2) is 5.83. The van der Waals surface area contributed by atoms with E-state index in [2.05, 4.69) is 6.58 Å². The van der Waals surface area contributed by atoms with Crippen molar-refractivity contribution in [1.29, 1.82) is 0 Å². The lowest BCUT2D eigenvalue weighted by atomic mass is 9.78. The lowest BCUT2D eigenvalue weighted by Crippen LogP contribution is -2.32. The molecule has 1 aromatic carbocycles. The van der Waals surface area contributed by atoms with Gasteiger partial charge < -0.3 is 10.2 Å². The Hall–Kier alpha value is -1.12. The fourth-order valence-corrected chi connectivity index (χ4v) is 2.01. The molecule has 0 bridgehead atoms. The van der Waals surface area contributed by atoms with Crippen molar-refractivity contribution in [2.45, 2.75) is 19.8 Å². The van der Waals surface area contributed by atoms with Crippen molar-refractivity contribution in [2.24, 2.45) is 5.41 Å². The Morgan fingerprint density at radius 1 is 1.19 bits per heavy atom. The number of aliphatic hydroxyl groups is 2. The average molecular weight is 220 g/mol. The first kappa shape index (κ1) is 12.9. The third-order valence-electron chi connectivity index (χ3n) is 2.77. The summed E-state index contributed by atoms with van der Waals surface area (Å²) in [7, 11) is 0. The second-order valence-corrected chi connectivity index (χ2v) is 4.61. The molecule has 0 spiro atoms. The monoisotopic (exact) mass is 220 g/mol. The Morgan fingerprint density at radius 3 is 2.19 bits per heavy atom. The van der Waals surface area contributed by atoms with Crippen molar-refractivity contribution < 1.29 is 10.2 Å². The van der Waals surface area contributed by atoms with Gasteiger partial charge >= 0.3 is 0 Å². The summed E-state index contributed by atoms with van der Waals surface area (Å²) >= 11 is 0. The minimum absolute atomic E-state index is 0.0226. The van der Waals surface area contributed by atoms with Crippen molar-refractivity contribution in [1.82, 2.24) is 0 Å². The third kappa shape index (κ3) is 3.47. The minimum atomic E-state index is -0.479. The maximum absolute atomic E-state index is 9.49. The summed E-state index contributed by atoms with van der Waals surface area (Å²) in [5.41, 5.74) is 1.64. The lowest BCUT2D eigenvalue weighted by Gasteiger charge is -2.30. The standard InChI is InChI=1S/C14H20O2/c1-12(2)8-14(10-15,11-16)9-13-6-4-3-5-7-13/h3-7,15-16H,1,8-11H2,2H3. The molecule has 1 aromatic rings. The second-order valence-electron chi connectivity index (χ2n) is 4.61. The molecule has 0 aromatic heterocycles. The van der Waals surface area contributed by atoms with Crippen molar-refractivity contribution in [3.63, 3.8) is 0 Å². The maximum atomic E-state index is 9.49. The number of aliphatic hydroxyl groups excluding tert-OH is 2. The van der Waals surface area contributed by atoms with E-state index in [0.29, 0.717) is 12.8 Å². The number of allylic oxidation sites excluding steroid dienone is 1. The van der Waals surface area contributed by atoms with Crippen LogP contribution in [-0.2, 0) is 6.42 Å². The summed E-state index contributed by atoms with van der Waals surface area (Å²) in [6, 6.07) is 9.92. The largest absolute Gasteiger partial charge is 0.396 e. The van der Waals surface area contributed by atoms with Gasteiger partial charge in [0.2, 0.25) is 0 Å². The molecule has 0 unspecified atom stereocenters. The summed E-state index contributed by atoms with van der Waals surface area (Å²) in [6.07, 6.45) is 1.32. The molecule has 0 saturated carbocycles. The molecule has 0 atom stereocenters. The van der Waals surface area contributed by atoms with Crippen LogP contribution in [-0.4, -0.2) is 23.4 Å². The Bertz CT molecular complexity index is 326. The SMILES string of the molecule is C=C(C)CC(CO)(CO)Cc1ccccc1. The molecule has 0 radical (unpaired) electrons. The highest BCUT2D eigenvalue weighted by Crippen LogP contribution is 2.29. The summed E-state index contributed by atoms with van der Waals surface area (Å²) < 4.78 is 0. The molecule has 0 fully saturated rings. The Kier molecular flexibility index (Phi) is 4.71. The lowest BCUT2D eigenvalue weighted by molar-refractivity contribution is 0.0549. The highest BCUT2D eigenvalue weighted by atomic mass is 16.3. The van der Waals surface area contributed by atoms with E-state index in [0.717, 1.165) is 11.1 Å². The van der Waals surface area contributed by atoms with Gasteiger partial charge in [0.15, 0.2) is 0 Å². The van der Waals surface area contributed by atoms with E-state index in [9.17, 15) is 10.2 Å². The zero-order valence-electron chi connectivity index (χ0n) is 9.82. The van der Waals surface area contributed by atoms with Gasteiger partial charge in [-0.3, -0.25) is 0 Å². The van der Waals surface area contributed by atoms with Gasteiger partial charge in [0.25, 0.3) is 0 Å². The third-order valence-corrected chi connectivity index (χ3v) is 2.77. The van der Waals surface area contributed by atoms with E-state index in [-0.39, 0.29) is 13.2 Å². The van der Waals surface area contributed by atoms with Gasteiger partial charge in [-0.2, -0.15) is 0 Å². The van der Waals surface area contributed by atoms with Gasteiger partial charge in [-0.05, 0) is 25.3 Å². The Balaban J connectivity index is 2.82. The van der Waals surface area contributed by atoms with Crippen molar-refractivity contribution in [2.75, 3.05) is 13.2 Å². The predicted molar refractivity (Wildman–Crippen MR) is 66.2 cm³/mol.